The number of nitrogens with zero attached hydrogens (tertiary/aromatic N) is 2. The quantitative estimate of drug-likeness (QED) is 0.869. The van der Waals surface area contributed by atoms with Crippen molar-refractivity contribution in [3.63, 3.8) is 0 Å². The minimum Gasteiger partial charge on any atom is -0.311 e. The van der Waals surface area contributed by atoms with Crippen molar-refractivity contribution in [2.24, 2.45) is 11.8 Å². The Morgan fingerprint density at radius 3 is 2.76 bits per heavy atom. The molecule has 1 aliphatic rings. The molecule has 1 heterocycles. The third-order valence-corrected chi connectivity index (χ3v) is 3.71. The van der Waals surface area contributed by atoms with Crippen LogP contribution in [0.3, 0.4) is 0 Å². The van der Waals surface area contributed by atoms with E-state index in [1.54, 1.807) is 0 Å². The molecule has 17 heavy (non-hydrogen) atoms. The molecule has 0 radical (unpaired) electrons. The SMILES string of the molecule is Cc1nccc(CNCC2CCC(C)CC2)n1. The molecular weight excluding hydrogens is 210 g/mol. The molecule has 0 unspecified atom stereocenters. The largest absolute Gasteiger partial charge is 0.311 e. The zero-order valence-corrected chi connectivity index (χ0v) is 10.9. The molecule has 3 heteroatoms. The molecule has 1 fully saturated rings. The van der Waals surface area contributed by atoms with Gasteiger partial charge in [0.2, 0.25) is 0 Å². The number of hydrogen-bond donors (Lipinski definition) is 1. The lowest BCUT2D eigenvalue weighted by molar-refractivity contribution is 0.281. The van der Waals surface area contributed by atoms with E-state index in [9.17, 15) is 0 Å². The minimum absolute atomic E-state index is 0.857. The first-order valence-electron chi connectivity index (χ1n) is 6.73. The van der Waals surface area contributed by atoms with E-state index >= 15 is 0 Å². The molecule has 0 saturated heterocycles. The standard InChI is InChI=1S/C14H23N3/c1-11-3-5-13(6-4-11)9-15-10-14-7-8-16-12(2)17-14/h7-8,11,13,15H,3-6,9-10H2,1-2H3. The van der Waals surface area contributed by atoms with Crippen LogP contribution in [0.1, 0.15) is 44.1 Å². The summed E-state index contributed by atoms with van der Waals surface area (Å²) < 4.78 is 0. The third-order valence-electron chi connectivity index (χ3n) is 3.71. The van der Waals surface area contributed by atoms with Crippen LogP contribution in [0.2, 0.25) is 0 Å². The fourth-order valence-electron chi connectivity index (χ4n) is 2.54. The van der Waals surface area contributed by atoms with Crippen LogP contribution < -0.4 is 5.32 Å². The van der Waals surface area contributed by atoms with Crippen LogP contribution in [-0.2, 0) is 6.54 Å². The minimum atomic E-state index is 0.857. The van der Waals surface area contributed by atoms with E-state index in [1.165, 1.54) is 25.7 Å². The van der Waals surface area contributed by atoms with Gasteiger partial charge in [0.25, 0.3) is 0 Å². The molecule has 0 spiro atoms. The maximum atomic E-state index is 4.39. The molecule has 1 aromatic heterocycles. The van der Waals surface area contributed by atoms with Gasteiger partial charge in [0, 0.05) is 12.7 Å². The molecule has 0 aromatic carbocycles. The van der Waals surface area contributed by atoms with E-state index in [4.69, 9.17) is 0 Å². The Bertz CT molecular complexity index is 343. The van der Waals surface area contributed by atoms with Gasteiger partial charge in [0.15, 0.2) is 0 Å². The van der Waals surface area contributed by atoms with E-state index < -0.39 is 0 Å². The smallest absolute Gasteiger partial charge is 0.125 e. The summed E-state index contributed by atoms with van der Waals surface area (Å²) in [5.41, 5.74) is 1.10. The Morgan fingerprint density at radius 2 is 2.06 bits per heavy atom. The van der Waals surface area contributed by atoms with Gasteiger partial charge in [-0.2, -0.15) is 0 Å². The molecular formula is C14H23N3. The van der Waals surface area contributed by atoms with Crippen molar-refractivity contribution in [2.45, 2.75) is 46.1 Å². The molecule has 94 valence electrons. The Hall–Kier alpha value is -0.960. The fourth-order valence-corrected chi connectivity index (χ4v) is 2.54. The highest BCUT2D eigenvalue weighted by molar-refractivity contribution is 5.00. The van der Waals surface area contributed by atoms with Crippen LogP contribution in [-0.4, -0.2) is 16.5 Å². The Balaban J connectivity index is 1.69. The van der Waals surface area contributed by atoms with Gasteiger partial charge in [-0.1, -0.05) is 19.8 Å². The molecule has 0 aliphatic heterocycles. The average molecular weight is 233 g/mol. The number of aromatic nitrogens is 2. The van der Waals surface area contributed by atoms with Gasteiger partial charge in [-0.25, -0.2) is 9.97 Å². The van der Waals surface area contributed by atoms with Crippen LogP contribution in [0.4, 0.5) is 0 Å². The zero-order chi connectivity index (χ0) is 12.1. The molecule has 1 aliphatic carbocycles. The van der Waals surface area contributed by atoms with E-state index in [-0.39, 0.29) is 0 Å². The van der Waals surface area contributed by atoms with Crippen LogP contribution in [0.5, 0.6) is 0 Å². The summed E-state index contributed by atoms with van der Waals surface area (Å²) in [4.78, 5) is 8.50. The zero-order valence-electron chi connectivity index (χ0n) is 10.9. The molecule has 0 bridgehead atoms. The molecule has 2 rings (SSSR count). The van der Waals surface area contributed by atoms with Crippen LogP contribution in [0, 0.1) is 18.8 Å². The molecule has 3 nitrogen and oxygen atoms in total. The predicted molar refractivity (Wildman–Crippen MR) is 69.6 cm³/mol. The number of aryl methyl sites for hydroxylation is 1. The molecule has 1 saturated carbocycles. The second kappa shape index (κ2) is 6.10. The number of nitrogens with one attached hydrogen (secondary N) is 1. The van der Waals surface area contributed by atoms with E-state index in [0.29, 0.717) is 0 Å². The first-order chi connectivity index (χ1) is 8.24. The van der Waals surface area contributed by atoms with Gasteiger partial charge < -0.3 is 5.32 Å². The maximum Gasteiger partial charge on any atom is 0.125 e. The summed E-state index contributed by atoms with van der Waals surface area (Å²) in [5.74, 6) is 2.67. The van der Waals surface area contributed by atoms with Crippen LogP contribution >= 0.6 is 0 Å². The van der Waals surface area contributed by atoms with Crippen molar-refractivity contribution < 1.29 is 0 Å². The van der Waals surface area contributed by atoms with Gasteiger partial charge in [-0.05, 0) is 44.2 Å². The lowest BCUT2D eigenvalue weighted by Gasteiger charge is -2.26. The van der Waals surface area contributed by atoms with Gasteiger partial charge in [-0.15, -0.1) is 0 Å². The highest BCUT2D eigenvalue weighted by Crippen LogP contribution is 2.27. The monoisotopic (exact) mass is 233 g/mol. The summed E-state index contributed by atoms with van der Waals surface area (Å²) in [6.45, 7) is 6.31. The molecule has 1 N–H and O–H groups in total. The van der Waals surface area contributed by atoms with Gasteiger partial charge in [0.1, 0.15) is 5.82 Å². The van der Waals surface area contributed by atoms with Gasteiger partial charge in [0.05, 0.1) is 5.69 Å². The Labute approximate surface area is 104 Å². The second-order valence-electron chi connectivity index (χ2n) is 5.35. The summed E-state index contributed by atoms with van der Waals surface area (Å²) in [7, 11) is 0. The topological polar surface area (TPSA) is 37.8 Å². The second-order valence-corrected chi connectivity index (χ2v) is 5.35. The summed E-state index contributed by atoms with van der Waals surface area (Å²) in [5, 5.41) is 3.52. The summed E-state index contributed by atoms with van der Waals surface area (Å²) in [6.07, 6.45) is 7.41. The lowest BCUT2D eigenvalue weighted by Crippen LogP contribution is -2.26. The highest BCUT2D eigenvalue weighted by atomic mass is 14.9. The Kier molecular flexibility index (Phi) is 4.49. The van der Waals surface area contributed by atoms with E-state index in [0.717, 1.165) is 36.4 Å². The first kappa shape index (κ1) is 12.5. The van der Waals surface area contributed by atoms with Gasteiger partial charge in [-0.3, -0.25) is 0 Å². The lowest BCUT2D eigenvalue weighted by atomic mass is 9.83. The number of hydrogen-bond acceptors (Lipinski definition) is 3. The molecule has 0 atom stereocenters. The third kappa shape index (κ3) is 4.08. The van der Waals surface area contributed by atoms with Crippen molar-refractivity contribution in [2.75, 3.05) is 6.54 Å². The predicted octanol–water partition coefficient (Wildman–Crippen LogP) is 2.70. The molecule has 0 amide bonds. The summed E-state index contributed by atoms with van der Waals surface area (Å²) in [6, 6.07) is 1.99. The fraction of sp³-hybridized carbons (Fsp3) is 0.714. The molecule has 1 aromatic rings. The van der Waals surface area contributed by atoms with Crippen molar-refractivity contribution in [1.29, 1.82) is 0 Å². The normalized spacial score (nSPS) is 24.8. The maximum absolute atomic E-state index is 4.39. The van der Waals surface area contributed by atoms with Crippen molar-refractivity contribution in [1.82, 2.24) is 15.3 Å². The number of rotatable bonds is 4. The van der Waals surface area contributed by atoms with Crippen LogP contribution in [0.25, 0.3) is 0 Å². The van der Waals surface area contributed by atoms with E-state index in [1.807, 2.05) is 19.2 Å². The first-order valence-corrected chi connectivity index (χ1v) is 6.73. The Morgan fingerprint density at radius 1 is 1.29 bits per heavy atom. The van der Waals surface area contributed by atoms with E-state index in [2.05, 4.69) is 22.2 Å². The van der Waals surface area contributed by atoms with Crippen molar-refractivity contribution in [3.8, 4) is 0 Å². The van der Waals surface area contributed by atoms with Crippen molar-refractivity contribution >= 4 is 0 Å². The highest BCUT2D eigenvalue weighted by Gasteiger charge is 2.17. The summed E-state index contributed by atoms with van der Waals surface area (Å²) >= 11 is 0. The average Bonchev–Trinajstić information content (AvgIpc) is 2.32. The van der Waals surface area contributed by atoms with Gasteiger partial charge >= 0.3 is 0 Å². The van der Waals surface area contributed by atoms with Crippen LogP contribution in [0.15, 0.2) is 12.3 Å². The van der Waals surface area contributed by atoms with Crippen molar-refractivity contribution in [3.05, 3.63) is 23.8 Å².